The molecule has 3 rings (SSSR count). The van der Waals surface area contributed by atoms with E-state index in [1.807, 2.05) is 6.07 Å². The molecule has 0 radical (unpaired) electrons. The molecular weight excluding hydrogens is 280 g/mol. The Morgan fingerprint density at radius 2 is 1.73 bits per heavy atom. The van der Waals surface area contributed by atoms with E-state index in [1.54, 1.807) is 48.5 Å². The summed E-state index contributed by atoms with van der Waals surface area (Å²) in [7, 11) is 0. The molecule has 0 aliphatic rings. The standard InChI is InChI=1S/C17H12N2O3/c20-16(12-5-2-1-3-6-12)19-13-8-4-7-11-9-10-18-15(14(11)13)17(21)22/h1-10H,(H,19,20)(H,21,22). The third-order valence-corrected chi connectivity index (χ3v) is 3.28. The first kappa shape index (κ1) is 13.8. The number of carbonyl (C=O) groups excluding carboxylic acids is 1. The molecule has 1 amide bonds. The number of hydrogen-bond acceptors (Lipinski definition) is 3. The first-order valence-corrected chi connectivity index (χ1v) is 6.64. The fraction of sp³-hybridized carbons (Fsp3) is 0. The SMILES string of the molecule is O=C(Nc1cccc2ccnc(C(=O)O)c12)c1ccccc1. The Kier molecular flexibility index (Phi) is 3.53. The molecule has 22 heavy (non-hydrogen) atoms. The second-order valence-electron chi connectivity index (χ2n) is 4.69. The molecule has 2 aromatic carbocycles. The van der Waals surface area contributed by atoms with Crippen molar-refractivity contribution in [3.63, 3.8) is 0 Å². The van der Waals surface area contributed by atoms with E-state index in [1.165, 1.54) is 6.20 Å². The van der Waals surface area contributed by atoms with Crippen molar-refractivity contribution in [1.82, 2.24) is 4.98 Å². The number of pyridine rings is 1. The lowest BCUT2D eigenvalue weighted by molar-refractivity contribution is 0.0692. The Balaban J connectivity index is 2.08. The molecule has 1 heterocycles. The minimum atomic E-state index is -1.13. The first-order chi connectivity index (χ1) is 10.7. The highest BCUT2D eigenvalue weighted by Crippen LogP contribution is 2.26. The molecule has 2 N–H and O–H groups in total. The zero-order valence-corrected chi connectivity index (χ0v) is 11.5. The van der Waals surface area contributed by atoms with Gasteiger partial charge in [-0.05, 0) is 29.7 Å². The second-order valence-corrected chi connectivity index (χ2v) is 4.69. The van der Waals surface area contributed by atoms with E-state index in [2.05, 4.69) is 10.3 Å². The van der Waals surface area contributed by atoms with E-state index in [9.17, 15) is 14.7 Å². The van der Waals surface area contributed by atoms with Crippen molar-refractivity contribution in [3.8, 4) is 0 Å². The first-order valence-electron chi connectivity index (χ1n) is 6.64. The summed E-state index contributed by atoms with van der Waals surface area (Å²) in [5.41, 5.74) is 0.846. The van der Waals surface area contributed by atoms with Gasteiger partial charge in [0.25, 0.3) is 5.91 Å². The van der Waals surface area contributed by atoms with Crippen molar-refractivity contribution in [1.29, 1.82) is 0 Å². The number of nitrogens with zero attached hydrogens (tertiary/aromatic N) is 1. The van der Waals surface area contributed by atoms with Gasteiger partial charge in [0.05, 0.1) is 5.69 Å². The number of benzene rings is 2. The van der Waals surface area contributed by atoms with Gasteiger partial charge >= 0.3 is 5.97 Å². The Labute approximate surface area is 126 Å². The number of aromatic nitrogens is 1. The highest BCUT2D eigenvalue weighted by atomic mass is 16.4. The fourth-order valence-corrected chi connectivity index (χ4v) is 2.28. The molecule has 0 aliphatic carbocycles. The minimum absolute atomic E-state index is 0.0820. The number of carboxylic acid groups (broad SMARTS) is 1. The summed E-state index contributed by atoms with van der Waals surface area (Å²) in [6.45, 7) is 0. The van der Waals surface area contributed by atoms with Crippen LogP contribution in [-0.4, -0.2) is 22.0 Å². The van der Waals surface area contributed by atoms with Gasteiger partial charge in [0.1, 0.15) is 0 Å². The van der Waals surface area contributed by atoms with Crippen LogP contribution in [0.15, 0.2) is 60.8 Å². The van der Waals surface area contributed by atoms with E-state index in [-0.39, 0.29) is 11.6 Å². The Hall–Kier alpha value is -3.21. The van der Waals surface area contributed by atoms with Crippen LogP contribution >= 0.6 is 0 Å². The maximum atomic E-state index is 12.3. The number of carboxylic acids is 1. The largest absolute Gasteiger partial charge is 0.476 e. The lowest BCUT2D eigenvalue weighted by atomic mass is 10.1. The van der Waals surface area contributed by atoms with Crippen LogP contribution in [0, 0.1) is 0 Å². The third-order valence-electron chi connectivity index (χ3n) is 3.28. The number of fused-ring (bicyclic) bond motifs is 1. The summed E-state index contributed by atoms with van der Waals surface area (Å²) in [6.07, 6.45) is 1.44. The van der Waals surface area contributed by atoms with Crippen molar-refractivity contribution in [2.45, 2.75) is 0 Å². The topological polar surface area (TPSA) is 79.3 Å². The number of rotatable bonds is 3. The number of nitrogens with one attached hydrogen (secondary N) is 1. The molecule has 0 aliphatic heterocycles. The summed E-state index contributed by atoms with van der Waals surface area (Å²) in [6, 6.07) is 15.6. The molecule has 0 spiro atoms. The van der Waals surface area contributed by atoms with Gasteiger partial charge in [-0.2, -0.15) is 0 Å². The van der Waals surface area contributed by atoms with E-state index in [0.29, 0.717) is 22.0 Å². The van der Waals surface area contributed by atoms with Gasteiger partial charge in [0.15, 0.2) is 5.69 Å². The summed E-state index contributed by atoms with van der Waals surface area (Å²) < 4.78 is 0. The van der Waals surface area contributed by atoms with Crippen LogP contribution in [0.2, 0.25) is 0 Å². The van der Waals surface area contributed by atoms with Gasteiger partial charge in [0, 0.05) is 17.1 Å². The molecule has 0 unspecified atom stereocenters. The predicted octanol–water partition coefficient (Wildman–Crippen LogP) is 3.19. The second kappa shape index (κ2) is 5.65. The highest BCUT2D eigenvalue weighted by Gasteiger charge is 2.15. The molecule has 0 atom stereocenters. The number of carbonyl (C=O) groups is 2. The third kappa shape index (κ3) is 2.52. The molecule has 5 nitrogen and oxygen atoms in total. The van der Waals surface area contributed by atoms with Crippen LogP contribution in [0.4, 0.5) is 5.69 Å². The number of aromatic carboxylic acids is 1. The van der Waals surface area contributed by atoms with Crippen LogP contribution < -0.4 is 5.32 Å². The summed E-state index contributed by atoms with van der Waals surface area (Å²) in [5, 5.41) is 13.2. The van der Waals surface area contributed by atoms with Crippen molar-refractivity contribution in [2.75, 3.05) is 5.32 Å². The summed E-state index contributed by atoms with van der Waals surface area (Å²) in [4.78, 5) is 27.5. The Morgan fingerprint density at radius 1 is 0.955 bits per heavy atom. The van der Waals surface area contributed by atoms with Crippen LogP contribution in [0.5, 0.6) is 0 Å². The maximum absolute atomic E-state index is 12.3. The molecule has 108 valence electrons. The molecule has 0 saturated heterocycles. The molecule has 3 aromatic rings. The van der Waals surface area contributed by atoms with Gasteiger partial charge in [-0.3, -0.25) is 4.79 Å². The Morgan fingerprint density at radius 3 is 2.45 bits per heavy atom. The van der Waals surface area contributed by atoms with Crippen molar-refractivity contribution >= 4 is 28.3 Å². The predicted molar refractivity (Wildman–Crippen MR) is 83.1 cm³/mol. The quantitative estimate of drug-likeness (QED) is 0.777. The summed E-state index contributed by atoms with van der Waals surface area (Å²) >= 11 is 0. The maximum Gasteiger partial charge on any atom is 0.355 e. The van der Waals surface area contributed by atoms with Gasteiger partial charge in [0.2, 0.25) is 0 Å². The van der Waals surface area contributed by atoms with Crippen LogP contribution in [0.3, 0.4) is 0 Å². The minimum Gasteiger partial charge on any atom is -0.476 e. The monoisotopic (exact) mass is 292 g/mol. The lowest BCUT2D eigenvalue weighted by Crippen LogP contribution is -2.13. The molecule has 1 aromatic heterocycles. The van der Waals surface area contributed by atoms with Crippen LogP contribution in [0.1, 0.15) is 20.8 Å². The molecule has 0 fully saturated rings. The highest BCUT2D eigenvalue weighted by molar-refractivity contribution is 6.13. The van der Waals surface area contributed by atoms with Crippen LogP contribution in [0.25, 0.3) is 10.8 Å². The van der Waals surface area contributed by atoms with E-state index >= 15 is 0 Å². The molecule has 5 heteroatoms. The van der Waals surface area contributed by atoms with E-state index < -0.39 is 5.97 Å². The zero-order valence-electron chi connectivity index (χ0n) is 11.5. The van der Waals surface area contributed by atoms with Gasteiger partial charge in [-0.15, -0.1) is 0 Å². The Bertz CT molecular complexity index is 855. The smallest absolute Gasteiger partial charge is 0.355 e. The van der Waals surface area contributed by atoms with E-state index in [0.717, 1.165) is 0 Å². The number of hydrogen-bond donors (Lipinski definition) is 2. The van der Waals surface area contributed by atoms with Crippen molar-refractivity contribution < 1.29 is 14.7 Å². The average molecular weight is 292 g/mol. The lowest BCUT2D eigenvalue weighted by Gasteiger charge is -2.10. The number of amides is 1. The van der Waals surface area contributed by atoms with Crippen molar-refractivity contribution in [3.05, 3.63) is 72.1 Å². The van der Waals surface area contributed by atoms with Crippen LogP contribution in [-0.2, 0) is 0 Å². The average Bonchev–Trinajstić information content (AvgIpc) is 2.55. The molecule has 0 saturated carbocycles. The molecular formula is C17H12N2O3. The number of anilines is 1. The van der Waals surface area contributed by atoms with Gasteiger partial charge in [-0.25, -0.2) is 9.78 Å². The van der Waals surface area contributed by atoms with Gasteiger partial charge < -0.3 is 10.4 Å². The van der Waals surface area contributed by atoms with Gasteiger partial charge in [-0.1, -0.05) is 30.3 Å². The fourth-order valence-electron chi connectivity index (χ4n) is 2.28. The van der Waals surface area contributed by atoms with E-state index in [4.69, 9.17) is 0 Å². The zero-order chi connectivity index (χ0) is 15.5. The summed E-state index contributed by atoms with van der Waals surface area (Å²) in [5.74, 6) is -1.43. The van der Waals surface area contributed by atoms with Crippen molar-refractivity contribution in [2.24, 2.45) is 0 Å². The normalized spacial score (nSPS) is 10.4. The molecule has 0 bridgehead atoms.